The summed E-state index contributed by atoms with van der Waals surface area (Å²) in [6.07, 6.45) is 1.97. The van der Waals surface area contributed by atoms with Gasteiger partial charge in [-0.3, -0.25) is 0 Å². The normalized spacial score (nSPS) is 13.5. The van der Waals surface area contributed by atoms with Gasteiger partial charge in [-0.05, 0) is 0 Å². The van der Waals surface area contributed by atoms with E-state index >= 15 is 0 Å². The second kappa shape index (κ2) is 4.40. The first-order valence-corrected chi connectivity index (χ1v) is 10.1. The van der Waals surface area contributed by atoms with Crippen molar-refractivity contribution < 1.29 is 25.3 Å². The number of sulfone groups is 2. The number of aromatic nitrogens is 2. The molecule has 1 aromatic rings. The molecule has 0 amide bonds. The highest BCUT2D eigenvalue weighted by molar-refractivity contribution is 8.14. The summed E-state index contributed by atoms with van der Waals surface area (Å²) >= 11 is 0. The van der Waals surface area contributed by atoms with Gasteiger partial charge in [-0.2, -0.15) is 0 Å². The molecule has 0 bridgehead atoms. The maximum atomic E-state index is 11.4. The van der Waals surface area contributed by atoms with Gasteiger partial charge >= 0.3 is 0 Å². The highest BCUT2D eigenvalue weighted by Crippen LogP contribution is 2.22. The molecule has 0 aliphatic heterocycles. The lowest BCUT2D eigenvalue weighted by Crippen LogP contribution is -2.13. The first kappa shape index (κ1) is 15.3. The molecule has 0 N–H and O–H groups in total. The predicted molar refractivity (Wildman–Crippen MR) is 61.3 cm³/mol. The molecule has 0 aliphatic carbocycles. The van der Waals surface area contributed by atoms with Crippen LogP contribution >= 0.6 is 10.7 Å². The Morgan fingerprint density at radius 2 is 1.50 bits per heavy atom. The lowest BCUT2D eigenvalue weighted by atomic mass is 10.7. The van der Waals surface area contributed by atoms with E-state index in [1.54, 1.807) is 0 Å². The van der Waals surface area contributed by atoms with Crippen LogP contribution in [0, 0.1) is 0 Å². The Bertz CT molecular complexity index is 796. The first-order chi connectivity index (χ1) is 7.83. The number of hydrogen-bond donors (Lipinski definition) is 0. The standard InChI is InChI=1S/C6H7ClN2O6S3/c1-16(10,11)5-4(18(7,14)15)3-8-6(9-5)17(2,12)13/h3H,1-2H3. The average molecular weight is 335 g/mol. The molecule has 1 heterocycles. The number of hydrogen-bond acceptors (Lipinski definition) is 8. The van der Waals surface area contributed by atoms with Gasteiger partial charge in [0.05, 0.1) is 6.20 Å². The Morgan fingerprint density at radius 3 is 1.83 bits per heavy atom. The average Bonchev–Trinajstić information content (AvgIpc) is 2.12. The molecule has 0 saturated heterocycles. The van der Waals surface area contributed by atoms with Crippen molar-refractivity contribution in [1.82, 2.24) is 9.97 Å². The molecule has 0 saturated carbocycles. The van der Waals surface area contributed by atoms with Crippen LogP contribution < -0.4 is 0 Å². The van der Waals surface area contributed by atoms with Gasteiger partial charge in [0.15, 0.2) is 14.9 Å². The zero-order valence-corrected chi connectivity index (χ0v) is 12.2. The molecule has 0 aromatic carbocycles. The van der Waals surface area contributed by atoms with E-state index in [1.807, 2.05) is 0 Å². The van der Waals surface area contributed by atoms with Crippen molar-refractivity contribution in [3.05, 3.63) is 6.20 Å². The van der Waals surface area contributed by atoms with Gasteiger partial charge in [0.25, 0.3) is 9.05 Å². The van der Waals surface area contributed by atoms with E-state index in [2.05, 4.69) is 9.97 Å². The molecule has 1 rings (SSSR count). The maximum absolute atomic E-state index is 11.4. The summed E-state index contributed by atoms with van der Waals surface area (Å²) in [5.41, 5.74) is 0. The molecule has 18 heavy (non-hydrogen) atoms. The smallest absolute Gasteiger partial charge is 0.225 e. The van der Waals surface area contributed by atoms with Crippen molar-refractivity contribution in [3.8, 4) is 0 Å². The van der Waals surface area contributed by atoms with Gasteiger partial charge in [0.2, 0.25) is 15.0 Å². The largest absolute Gasteiger partial charge is 0.265 e. The van der Waals surface area contributed by atoms with Gasteiger partial charge in [0, 0.05) is 23.2 Å². The van der Waals surface area contributed by atoms with Gasteiger partial charge < -0.3 is 0 Å². The van der Waals surface area contributed by atoms with E-state index < -0.39 is 43.8 Å². The van der Waals surface area contributed by atoms with Crippen molar-refractivity contribution >= 4 is 39.4 Å². The van der Waals surface area contributed by atoms with Crippen LogP contribution in [0.4, 0.5) is 0 Å². The maximum Gasteiger partial charge on any atom is 0.265 e. The van der Waals surface area contributed by atoms with Crippen LogP contribution in [-0.4, -0.2) is 47.7 Å². The minimum atomic E-state index is -4.41. The minimum absolute atomic E-state index is 0.544. The Hall–Kier alpha value is -0.780. The third-order valence-electron chi connectivity index (χ3n) is 1.65. The zero-order chi connectivity index (χ0) is 14.4. The number of halogens is 1. The van der Waals surface area contributed by atoms with Crippen LogP contribution in [-0.2, 0) is 28.7 Å². The van der Waals surface area contributed by atoms with Crippen molar-refractivity contribution in [2.24, 2.45) is 0 Å². The SMILES string of the molecule is CS(=O)(=O)c1ncc(S(=O)(=O)Cl)c(S(C)(=O)=O)n1. The fourth-order valence-electron chi connectivity index (χ4n) is 0.951. The summed E-state index contributed by atoms with van der Waals surface area (Å²) in [7, 11) is -7.34. The van der Waals surface area contributed by atoms with Crippen LogP contribution in [0.1, 0.15) is 0 Å². The van der Waals surface area contributed by atoms with E-state index in [4.69, 9.17) is 10.7 Å². The van der Waals surface area contributed by atoms with Crippen LogP contribution in [0.15, 0.2) is 21.3 Å². The van der Waals surface area contributed by atoms with Crippen molar-refractivity contribution in [2.75, 3.05) is 12.5 Å². The van der Waals surface area contributed by atoms with Crippen molar-refractivity contribution in [1.29, 1.82) is 0 Å². The van der Waals surface area contributed by atoms with Gasteiger partial charge in [-0.1, -0.05) is 0 Å². The second-order valence-electron chi connectivity index (χ2n) is 3.30. The molecule has 1 aromatic heterocycles. The second-order valence-corrected chi connectivity index (χ2v) is 9.68. The molecule has 0 radical (unpaired) electrons. The van der Waals surface area contributed by atoms with Gasteiger partial charge in [-0.15, -0.1) is 0 Å². The van der Waals surface area contributed by atoms with E-state index in [1.165, 1.54) is 0 Å². The monoisotopic (exact) mass is 334 g/mol. The third-order valence-corrected chi connectivity index (χ3v) is 4.97. The van der Waals surface area contributed by atoms with Crippen LogP contribution in [0.3, 0.4) is 0 Å². The number of rotatable bonds is 3. The summed E-state index contributed by atoms with van der Waals surface area (Å²) in [4.78, 5) is 5.63. The molecule has 0 atom stereocenters. The van der Waals surface area contributed by atoms with E-state index in [9.17, 15) is 25.3 Å². The lowest BCUT2D eigenvalue weighted by molar-refractivity contribution is 0.572. The topological polar surface area (TPSA) is 128 Å². The molecule has 0 spiro atoms. The fourth-order valence-corrected chi connectivity index (χ4v) is 3.87. The molecule has 0 aliphatic rings. The molecule has 8 nitrogen and oxygen atoms in total. The summed E-state index contributed by atoms with van der Waals surface area (Å²) in [6, 6.07) is 0. The van der Waals surface area contributed by atoms with Crippen LogP contribution in [0.5, 0.6) is 0 Å². The highest BCUT2D eigenvalue weighted by Gasteiger charge is 2.27. The Morgan fingerprint density at radius 1 is 1.00 bits per heavy atom. The van der Waals surface area contributed by atoms with Crippen molar-refractivity contribution in [2.45, 2.75) is 15.1 Å². The highest BCUT2D eigenvalue weighted by atomic mass is 35.7. The molecule has 0 fully saturated rings. The Balaban J connectivity index is 3.83. The quantitative estimate of drug-likeness (QED) is 0.399. The summed E-state index contributed by atoms with van der Waals surface area (Å²) in [5, 5.41) is -1.75. The molecular formula is C6H7ClN2O6S3. The molecule has 12 heteroatoms. The van der Waals surface area contributed by atoms with Crippen LogP contribution in [0.25, 0.3) is 0 Å². The summed E-state index contributed by atoms with van der Waals surface area (Å²) < 4.78 is 67.4. The van der Waals surface area contributed by atoms with Crippen LogP contribution in [0.2, 0.25) is 0 Å². The van der Waals surface area contributed by atoms with Crippen molar-refractivity contribution in [3.63, 3.8) is 0 Å². The fraction of sp³-hybridized carbons (Fsp3) is 0.333. The minimum Gasteiger partial charge on any atom is -0.225 e. The number of nitrogens with zero attached hydrogens (tertiary/aromatic N) is 2. The molecule has 0 unspecified atom stereocenters. The van der Waals surface area contributed by atoms with Gasteiger partial charge in [-0.25, -0.2) is 35.2 Å². The van der Waals surface area contributed by atoms with Gasteiger partial charge in [0.1, 0.15) is 4.90 Å². The summed E-state index contributed by atoms with van der Waals surface area (Å²) in [6.45, 7) is 0. The first-order valence-electron chi connectivity index (χ1n) is 4.05. The Kier molecular flexibility index (Phi) is 3.74. The Labute approximate surface area is 108 Å². The van der Waals surface area contributed by atoms with E-state index in [0.717, 1.165) is 6.26 Å². The zero-order valence-electron chi connectivity index (χ0n) is 9.02. The third kappa shape index (κ3) is 3.37. The summed E-state index contributed by atoms with van der Waals surface area (Å²) in [5.74, 6) is 0. The lowest BCUT2D eigenvalue weighted by Gasteiger charge is -2.04. The predicted octanol–water partition coefficient (Wildman–Crippen LogP) is -0.789. The van der Waals surface area contributed by atoms with E-state index in [0.29, 0.717) is 12.5 Å². The molecular weight excluding hydrogens is 328 g/mol. The van der Waals surface area contributed by atoms with E-state index in [-0.39, 0.29) is 0 Å². The molecule has 102 valence electrons.